The Kier molecular flexibility index (Phi) is 4.18. The fourth-order valence-corrected chi connectivity index (χ4v) is 1.73. The molecular weight excluding hydrogens is 296 g/mol. The van der Waals surface area contributed by atoms with Gasteiger partial charge in [0.1, 0.15) is 18.2 Å². The first-order chi connectivity index (χ1) is 9.38. The Morgan fingerprint density at radius 2 is 1.75 bits per heavy atom. The molecule has 1 nitrogen and oxygen atoms in total. The molecule has 2 aromatic carbocycles. The fraction of sp³-hybridized carbons (Fsp3) is 0.143. The monoisotopic (exact) mass is 304 g/mol. The average molecular weight is 305 g/mol. The van der Waals surface area contributed by atoms with E-state index < -0.39 is 17.6 Å². The number of alkyl halides is 3. The maximum Gasteiger partial charge on any atom is 0.416 e. The number of halogens is 5. The Morgan fingerprint density at radius 1 is 1.05 bits per heavy atom. The highest BCUT2D eigenvalue weighted by Crippen LogP contribution is 2.35. The molecule has 0 unspecified atom stereocenters. The lowest BCUT2D eigenvalue weighted by molar-refractivity contribution is -0.137. The van der Waals surface area contributed by atoms with E-state index >= 15 is 0 Å². The third kappa shape index (κ3) is 3.42. The zero-order valence-electron chi connectivity index (χ0n) is 10.0. The third-order valence-electron chi connectivity index (χ3n) is 2.60. The predicted molar refractivity (Wildman–Crippen MR) is 67.2 cm³/mol. The Balaban J connectivity index is 2.19. The summed E-state index contributed by atoms with van der Waals surface area (Å²) in [4.78, 5) is 0. The van der Waals surface area contributed by atoms with Crippen molar-refractivity contribution < 1.29 is 22.3 Å². The van der Waals surface area contributed by atoms with E-state index in [2.05, 4.69) is 0 Å². The summed E-state index contributed by atoms with van der Waals surface area (Å²) >= 11 is 5.77. The Morgan fingerprint density at radius 3 is 2.40 bits per heavy atom. The molecular formula is C14H9ClF4O. The average Bonchev–Trinajstić information content (AvgIpc) is 2.38. The Hall–Kier alpha value is -1.75. The Bertz CT molecular complexity index is 610. The van der Waals surface area contributed by atoms with Crippen LogP contribution in [-0.2, 0) is 12.8 Å². The molecule has 0 saturated carbocycles. The smallest absolute Gasteiger partial charge is 0.416 e. The van der Waals surface area contributed by atoms with Gasteiger partial charge in [0.25, 0.3) is 0 Å². The molecule has 0 saturated heterocycles. The number of benzene rings is 2. The van der Waals surface area contributed by atoms with Gasteiger partial charge in [-0.3, -0.25) is 0 Å². The van der Waals surface area contributed by atoms with Gasteiger partial charge in [0.15, 0.2) is 0 Å². The largest absolute Gasteiger partial charge is 0.487 e. The molecule has 106 valence electrons. The zero-order valence-corrected chi connectivity index (χ0v) is 10.8. The summed E-state index contributed by atoms with van der Waals surface area (Å²) in [5.41, 5.74) is -0.633. The minimum atomic E-state index is -4.49. The zero-order chi connectivity index (χ0) is 14.8. The predicted octanol–water partition coefficient (Wildman–Crippen LogP) is 5.08. The second-order valence-corrected chi connectivity index (χ2v) is 4.43. The van der Waals surface area contributed by atoms with Gasteiger partial charge >= 0.3 is 6.18 Å². The quantitative estimate of drug-likeness (QED) is 0.719. The third-order valence-corrected chi connectivity index (χ3v) is 2.91. The van der Waals surface area contributed by atoms with Crippen LogP contribution in [0.3, 0.4) is 0 Å². The number of rotatable bonds is 3. The normalized spacial score (nSPS) is 11.4. The Labute approximate surface area is 117 Å². The van der Waals surface area contributed by atoms with Crippen molar-refractivity contribution >= 4 is 11.6 Å². The maximum atomic E-state index is 13.4. The molecule has 2 aromatic rings. The van der Waals surface area contributed by atoms with Crippen LogP contribution < -0.4 is 4.74 Å². The minimum absolute atomic E-state index is 0.0364. The van der Waals surface area contributed by atoms with Crippen LogP contribution in [0.2, 0.25) is 5.02 Å². The van der Waals surface area contributed by atoms with Crippen molar-refractivity contribution in [2.45, 2.75) is 12.8 Å². The van der Waals surface area contributed by atoms with Crippen LogP contribution in [0, 0.1) is 5.82 Å². The van der Waals surface area contributed by atoms with Crippen molar-refractivity contribution in [2.24, 2.45) is 0 Å². The van der Waals surface area contributed by atoms with Crippen molar-refractivity contribution in [3.05, 3.63) is 64.4 Å². The summed E-state index contributed by atoms with van der Waals surface area (Å²) in [5, 5.41) is 0.0364. The van der Waals surface area contributed by atoms with E-state index in [-0.39, 0.29) is 22.9 Å². The SMILES string of the molecule is Fc1ccccc1COc1cc(C(F)(F)F)ccc1Cl. The van der Waals surface area contributed by atoms with Gasteiger partial charge < -0.3 is 4.74 Å². The molecule has 0 aromatic heterocycles. The molecule has 0 atom stereocenters. The van der Waals surface area contributed by atoms with Crippen LogP contribution in [0.4, 0.5) is 17.6 Å². The summed E-state index contributed by atoms with van der Waals surface area (Å²) in [6.45, 7) is -0.201. The van der Waals surface area contributed by atoms with Gasteiger partial charge in [-0.1, -0.05) is 29.8 Å². The summed E-state index contributed by atoms with van der Waals surface area (Å²) in [6.07, 6.45) is -4.49. The summed E-state index contributed by atoms with van der Waals surface area (Å²) in [6, 6.07) is 8.59. The molecule has 0 aliphatic rings. The van der Waals surface area contributed by atoms with Gasteiger partial charge in [-0.2, -0.15) is 13.2 Å². The lowest BCUT2D eigenvalue weighted by Gasteiger charge is -2.12. The van der Waals surface area contributed by atoms with Gasteiger partial charge in [0.05, 0.1) is 10.6 Å². The van der Waals surface area contributed by atoms with Crippen LogP contribution in [0.1, 0.15) is 11.1 Å². The van der Waals surface area contributed by atoms with E-state index in [9.17, 15) is 17.6 Å². The molecule has 0 aliphatic heterocycles. The number of ether oxygens (including phenoxy) is 1. The molecule has 0 heterocycles. The van der Waals surface area contributed by atoms with Crippen LogP contribution >= 0.6 is 11.6 Å². The lowest BCUT2D eigenvalue weighted by Crippen LogP contribution is -2.06. The molecule has 0 radical (unpaired) electrons. The molecule has 0 bridgehead atoms. The first-order valence-electron chi connectivity index (χ1n) is 5.61. The second kappa shape index (κ2) is 5.71. The van der Waals surface area contributed by atoms with Crippen molar-refractivity contribution in [3.63, 3.8) is 0 Å². The van der Waals surface area contributed by atoms with E-state index in [0.29, 0.717) is 0 Å². The molecule has 6 heteroatoms. The number of hydrogen-bond acceptors (Lipinski definition) is 1. The highest BCUT2D eigenvalue weighted by atomic mass is 35.5. The van der Waals surface area contributed by atoms with Crippen molar-refractivity contribution in [1.82, 2.24) is 0 Å². The molecule has 0 fully saturated rings. The minimum Gasteiger partial charge on any atom is -0.487 e. The summed E-state index contributed by atoms with van der Waals surface area (Å²) in [5.74, 6) is -0.625. The highest BCUT2D eigenvalue weighted by molar-refractivity contribution is 6.32. The van der Waals surface area contributed by atoms with Crippen molar-refractivity contribution in [2.75, 3.05) is 0 Å². The van der Waals surface area contributed by atoms with Crippen LogP contribution in [0.25, 0.3) is 0 Å². The van der Waals surface area contributed by atoms with Crippen LogP contribution in [0.15, 0.2) is 42.5 Å². The van der Waals surface area contributed by atoms with E-state index in [0.717, 1.165) is 18.2 Å². The van der Waals surface area contributed by atoms with Gasteiger partial charge in [-0.25, -0.2) is 4.39 Å². The van der Waals surface area contributed by atoms with Gasteiger partial charge in [-0.15, -0.1) is 0 Å². The van der Waals surface area contributed by atoms with E-state index in [4.69, 9.17) is 16.3 Å². The molecule has 0 aliphatic carbocycles. The van der Waals surface area contributed by atoms with Crippen molar-refractivity contribution in [1.29, 1.82) is 0 Å². The summed E-state index contributed by atoms with van der Waals surface area (Å²) < 4.78 is 56.2. The van der Waals surface area contributed by atoms with Gasteiger partial charge in [0.2, 0.25) is 0 Å². The molecule has 20 heavy (non-hydrogen) atoms. The van der Waals surface area contributed by atoms with Gasteiger partial charge in [0, 0.05) is 5.56 Å². The number of hydrogen-bond donors (Lipinski definition) is 0. The molecule has 2 rings (SSSR count). The topological polar surface area (TPSA) is 9.23 Å². The second-order valence-electron chi connectivity index (χ2n) is 4.02. The van der Waals surface area contributed by atoms with Crippen LogP contribution in [0.5, 0.6) is 5.75 Å². The first-order valence-corrected chi connectivity index (χ1v) is 5.98. The van der Waals surface area contributed by atoms with Crippen molar-refractivity contribution in [3.8, 4) is 5.75 Å². The lowest BCUT2D eigenvalue weighted by atomic mass is 10.2. The van der Waals surface area contributed by atoms with E-state index in [1.165, 1.54) is 18.2 Å². The van der Waals surface area contributed by atoms with Gasteiger partial charge in [-0.05, 0) is 24.3 Å². The van der Waals surface area contributed by atoms with Crippen LogP contribution in [-0.4, -0.2) is 0 Å². The molecule has 0 amide bonds. The fourth-order valence-electron chi connectivity index (χ4n) is 1.56. The van der Waals surface area contributed by atoms with E-state index in [1.807, 2.05) is 0 Å². The van der Waals surface area contributed by atoms with E-state index in [1.54, 1.807) is 6.07 Å². The standard InChI is InChI=1S/C14H9ClF4O/c15-11-6-5-10(14(17,18)19)7-13(11)20-8-9-3-1-2-4-12(9)16/h1-7H,8H2. The maximum absolute atomic E-state index is 13.4. The highest BCUT2D eigenvalue weighted by Gasteiger charge is 2.31. The molecule has 0 spiro atoms. The summed E-state index contributed by atoms with van der Waals surface area (Å²) in [7, 11) is 0. The molecule has 0 N–H and O–H groups in total. The first kappa shape index (κ1) is 14.7.